The minimum atomic E-state index is -3.66. The van der Waals surface area contributed by atoms with Gasteiger partial charge < -0.3 is 9.88 Å². The highest BCUT2D eigenvalue weighted by molar-refractivity contribution is 9.10. The van der Waals surface area contributed by atoms with Gasteiger partial charge in [-0.1, -0.05) is 0 Å². The molecule has 0 amide bonds. The van der Waals surface area contributed by atoms with E-state index in [0.29, 0.717) is 25.5 Å². The number of nitrogens with one attached hydrogen (secondary N) is 1. The first-order valence-corrected chi connectivity index (χ1v) is 9.05. The van der Waals surface area contributed by atoms with E-state index in [4.69, 9.17) is 0 Å². The van der Waals surface area contributed by atoms with Crippen molar-refractivity contribution in [1.82, 2.24) is 24.2 Å². The molecule has 1 atom stereocenters. The summed E-state index contributed by atoms with van der Waals surface area (Å²) in [4.78, 5) is 8.34. The van der Waals surface area contributed by atoms with Crippen molar-refractivity contribution >= 4 is 38.4 Å². The minimum Gasteiger partial charge on any atom is -0.337 e. The molecule has 0 radical (unpaired) electrons. The van der Waals surface area contributed by atoms with Gasteiger partial charge in [0.05, 0.1) is 6.04 Å². The number of rotatable bonds is 3. The fraction of sp³-hybridized carbons (Fsp3) is 0.385. The van der Waals surface area contributed by atoms with Crippen LogP contribution in [0, 0.1) is 0 Å². The predicted molar refractivity (Wildman–Crippen MR) is 91.9 cm³/mol. The molecule has 0 aliphatic carbocycles. The minimum absolute atomic E-state index is 0. The van der Waals surface area contributed by atoms with Gasteiger partial charge in [0.15, 0.2) is 5.03 Å². The van der Waals surface area contributed by atoms with Crippen LogP contribution in [-0.4, -0.2) is 46.9 Å². The van der Waals surface area contributed by atoms with Crippen LogP contribution in [0.5, 0.6) is 0 Å². The Kier molecular flexibility index (Phi) is 5.79. The molecule has 0 spiro atoms. The first-order chi connectivity index (χ1) is 10.5. The third-order valence-electron chi connectivity index (χ3n) is 3.62. The van der Waals surface area contributed by atoms with Crippen LogP contribution in [0.25, 0.3) is 0 Å². The van der Waals surface area contributed by atoms with E-state index >= 15 is 0 Å². The normalized spacial score (nSPS) is 19.3. The molecular formula is C13H17BrClN5O2S. The summed E-state index contributed by atoms with van der Waals surface area (Å²) >= 11 is 3.27. The van der Waals surface area contributed by atoms with Crippen molar-refractivity contribution in [2.24, 2.45) is 7.05 Å². The zero-order valence-electron chi connectivity index (χ0n) is 12.4. The van der Waals surface area contributed by atoms with Gasteiger partial charge in [0, 0.05) is 49.7 Å². The fourth-order valence-electron chi connectivity index (χ4n) is 2.53. The maximum Gasteiger partial charge on any atom is 0.261 e. The van der Waals surface area contributed by atoms with Crippen LogP contribution in [0.15, 0.2) is 40.2 Å². The van der Waals surface area contributed by atoms with E-state index in [-0.39, 0.29) is 23.5 Å². The average Bonchev–Trinajstić information content (AvgIpc) is 2.94. The number of piperazine rings is 1. The Morgan fingerprint density at radius 3 is 2.74 bits per heavy atom. The second kappa shape index (κ2) is 7.27. The molecule has 1 saturated heterocycles. The lowest BCUT2D eigenvalue weighted by atomic mass is 10.2. The summed E-state index contributed by atoms with van der Waals surface area (Å²) in [5.74, 6) is 0.716. The molecule has 126 valence electrons. The molecule has 1 fully saturated rings. The van der Waals surface area contributed by atoms with Crippen molar-refractivity contribution in [1.29, 1.82) is 0 Å². The number of aryl methyl sites for hydroxylation is 1. The van der Waals surface area contributed by atoms with Crippen molar-refractivity contribution < 1.29 is 8.42 Å². The summed E-state index contributed by atoms with van der Waals surface area (Å²) in [6.07, 6.45) is 4.98. The zero-order valence-corrected chi connectivity index (χ0v) is 15.6. The molecule has 0 bridgehead atoms. The van der Waals surface area contributed by atoms with Crippen LogP contribution in [0.3, 0.4) is 0 Å². The van der Waals surface area contributed by atoms with Gasteiger partial charge in [0.2, 0.25) is 0 Å². The molecule has 2 aromatic heterocycles. The zero-order chi connectivity index (χ0) is 15.7. The van der Waals surface area contributed by atoms with Crippen LogP contribution in [0.2, 0.25) is 0 Å². The Bertz CT molecular complexity index is 765. The largest absolute Gasteiger partial charge is 0.337 e. The van der Waals surface area contributed by atoms with Crippen molar-refractivity contribution in [3.8, 4) is 0 Å². The smallest absolute Gasteiger partial charge is 0.261 e. The van der Waals surface area contributed by atoms with Crippen LogP contribution in [-0.2, 0) is 17.1 Å². The Morgan fingerprint density at radius 2 is 2.13 bits per heavy atom. The molecule has 1 N–H and O–H groups in total. The molecule has 1 unspecified atom stereocenters. The molecule has 3 rings (SSSR count). The molecule has 2 aromatic rings. The lowest BCUT2D eigenvalue weighted by Crippen LogP contribution is -2.49. The standard InChI is InChI=1S/C13H16BrN5O2S.ClH/c1-18-6-5-16-13(18)11-9-15-4-7-19(11)22(20,21)12-3-2-10(14)8-17-12;/h2-3,5-6,8,11,15H,4,7,9H2,1H3;1H. The number of sulfonamides is 1. The van der Waals surface area contributed by atoms with E-state index in [1.54, 1.807) is 12.3 Å². The number of imidazole rings is 1. The topological polar surface area (TPSA) is 80.1 Å². The highest BCUT2D eigenvalue weighted by atomic mass is 79.9. The van der Waals surface area contributed by atoms with Crippen LogP contribution in [0.1, 0.15) is 11.9 Å². The van der Waals surface area contributed by atoms with Gasteiger partial charge in [0.25, 0.3) is 10.0 Å². The predicted octanol–water partition coefficient (Wildman–Crippen LogP) is 1.33. The first kappa shape index (κ1) is 18.3. The summed E-state index contributed by atoms with van der Waals surface area (Å²) in [5, 5.41) is 3.28. The third kappa shape index (κ3) is 3.58. The summed E-state index contributed by atoms with van der Waals surface area (Å²) in [6, 6.07) is 2.85. The monoisotopic (exact) mass is 421 g/mol. The van der Waals surface area contributed by atoms with E-state index in [9.17, 15) is 8.42 Å². The Morgan fingerprint density at radius 1 is 1.35 bits per heavy atom. The highest BCUT2D eigenvalue weighted by Gasteiger charge is 2.36. The van der Waals surface area contributed by atoms with Gasteiger partial charge in [-0.05, 0) is 28.1 Å². The van der Waals surface area contributed by atoms with Gasteiger partial charge in [0.1, 0.15) is 5.82 Å². The van der Waals surface area contributed by atoms with Crippen LogP contribution >= 0.6 is 28.3 Å². The Hall–Kier alpha value is -1.00. The summed E-state index contributed by atoms with van der Waals surface area (Å²) in [7, 11) is -1.80. The molecule has 10 heteroatoms. The molecule has 1 aliphatic rings. The van der Waals surface area contributed by atoms with E-state index in [1.807, 2.05) is 17.8 Å². The van der Waals surface area contributed by atoms with Gasteiger partial charge in [-0.25, -0.2) is 18.4 Å². The fourth-order valence-corrected chi connectivity index (χ4v) is 4.26. The SMILES string of the molecule is Cl.Cn1ccnc1C1CNCCN1S(=O)(=O)c1ccc(Br)cn1. The van der Waals surface area contributed by atoms with E-state index < -0.39 is 10.0 Å². The van der Waals surface area contributed by atoms with Gasteiger partial charge in [-0.2, -0.15) is 4.31 Å². The van der Waals surface area contributed by atoms with Crippen LogP contribution < -0.4 is 5.32 Å². The Labute approximate surface area is 149 Å². The molecule has 1 aliphatic heterocycles. The average molecular weight is 423 g/mol. The van der Waals surface area contributed by atoms with E-state index in [1.165, 1.54) is 16.6 Å². The number of aromatic nitrogens is 3. The molecule has 3 heterocycles. The number of halogens is 2. The molecule has 7 nitrogen and oxygen atoms in total. The van der Waals surface area contributed by atoms with Crippen molar-refractivity contribution in [2.75, 3.05) is 19.6 Å². The molecular weight excluding hydrogens is 406 g/mol. The lowest BCUT2D eigenvalue weighted by Gasteiger charge is -2.34. The van der Waals surface area contributed by atoms with Crippen molar-refractivity contribution in [2.45, 2.75) is 11.1 Å². The highest BCUT2D eigenvalue weighted by Crippen LogP contribution is 2.27. The maximum absolute atomic E-state index is 12.9. The first-order valence-electron chi connectivity index (χ1n) is 6.81. The number of nitrogens with zero attached hydrogens (tertiary/aromatic N) is 4. The molecule has 23 heavy (non-hydrogen) atoms. The molecule has 0 saturated carbocycles. The quantitative estimate of drug-likeness (QED) is 0.807. The second-order valence-electron chi connectivity index (χ2n) is 5.05. The van der Waals surface area contributed by atoms with Gasteiger partial charge in [-0.3, -0.25) is 0 Å². The summed E-state index contributed by atoms with van der Waals surface area (Å²) in [6.45, 7) is 1.52. The number of hydrogen-bond acceptors (Lipinski definition) is 5. The Balaban J connectivity index is 0.00000192. The van der Waals surface area contributed by atoms with E-state index in [0.717, 1.165) is 4.47 Å². The third-order valence-corrected chi connectivity index (χ3v) is 5.92. The summed E-state index contributed by atoms with van der Waals surface area (Å²) < 4.78 is 29.9. The van der Waals surface area contributed by atoms with Gasteiger partial charge in [-0.15, -0.1) is 12.4 Å². The van der Waals surface area contributed by atoms with Crippen LogP contribution in [0.4, 0.5) is 0 Å². The number of hydrogen-bond donors (Lipinski definition) is 1. The number of pyridine rings is 1. The lowest BCUT2D eigenvalue weighted by molar-refractivity contribution is 0.257. The molecule has 0 aromatic carbocycles. The van der Waals surface area contributed by atoms with Gasteiger partial charge >= 0.3 is 0 Å². The maximum atomic E-state index is 12.9. The summed E-state index contributed by atoms with van der Waals surface area (Å²) in [5.41, 5.74) is 0. The van der Waals surface area contributed by atoms with Crippen molar-refractivity contribution in [3.05, 3.63) is 41.0 Å². The van der Waals surface area contributed by atoms with E-state index in [2.05, 4.69) is 31.2 Å². The van der Waals surface area contributed by atoms with Crippen molar-refractivity contribution in [3.63, 3.8) is 0 Å². The second-order valence-corrected chi connectivity index (χ2v) is 7.80.